The lowest BCUT2D eigenvalue weighted by Gasteiger charge is -2.35. The fourth-order valence-electron chi connectivity index (χ4n) is 3.63. The summed E-state index contributed by atoms with van der Waals surface area (Å²) in [7, 11) is 0. The van der Waals surface area contributed by atoms with Crippen LogP contribution in [0.5, 0.6) is 11.5 Å². The fraction of sp³-hybridized carbons (Fsp3) is 0.200. The highest BCUT2D eigenvalue weighted by molar-refractivity contribution is 6.30. The lowest BCUT2D eigenvalue weighted by Crippen LogP contribution is -2.50. The number of amides is 2. The first kappa shape index (κ1) is 21.7. The van der Waals surface area contributed by atoms with Gasteiger partial charge in [-0.1, -0.05) is 35.9 Å². The third kappa shape index (κ3) is 5.21. The van der Waals surface area contributed by atoms with Crippen molar-refractivity contribution >= 4 is 23.4 Å². The molecule has 3 aromatic carbocycles. The predicted octanol–water partition coefficient (Wildman–Crippen LogP) is 4.22. The third-order valence-electron chi connectivity index (χ3n) is 5.32. The van der Waals surface area contributed by atoms with Gasteiger partial charge in [0, 0.05) is 42.3 Å². The van der Waals surface area contributed by atoms with E-state index >= 15 is 0 Å². The van der Waals surface area contributed by atoms with Crippen molar-refractivity contribution in [3.63, 3.8) is 0 Å². The lowest BCUT2D eigenvalue weighted by molar-refractivity contribution is 0.0535. The average molecular weight is 451 g/mol. The lowest BCUT2D eigenvalue weighted by atomic mass is 10.1. The van der Waals surface area contributed by atoms with Crippen LogP contribution >= 0.6 is 11.6 Å². The summed E-state index contributed by atoms with van der Waals surface area (Å²) in [6, 6.07) is 20.8. The molecule has 0 unspecified atom stereocenters. The molecule has 0 spiro atoms. The zero-order chi connectivity index (χ0) is 22.5. The Morgan fingerprint density at radius 3 is 2.03 bits per heavy atom. The van der Waals surface area contributed by atoms with E-state index in [9.17, 15) is 14.7 Å². The average Bonchev–Trinajstić information content (AvgIpc) is 2.82. The largest absolute Gasteiger partial charge is 0.508 e. The van der Waals surface area contributed by atoms with Crippen LogP contribution in [0, 0.1) is 0 Å². The van der Waals surface area contributed by atoms with Gasteiger partial charge in [-0.3, -0.25) is 9.59 Å². The molecule has 164 valence electrons. The standard InChI is InChI=1S/C25H23ClN2O4/c26-21-7-1-4-18(14-21)17-32-23-9-3-6-20(16-23)25(31)28-12-10-27(11-13-28)24(30)19-5-2-8-22(29)15-19/h1-9,14-16,29H,10-13,17H2. The summed E-state index contributed by atoms with van der Waals surface area (Å²) in [6.07, 6.45) is 0. The number of aromatic hydroxyl groups is 1. The Balaban J connectivity index is 1.35. The van der Waals surface area contributed by atoms with Crippen LogP contribution < -0.4 is 4.74 Å². The number of phenolic OH excluding ortho intramolecular Hbond substituents is 1. The second-order valence-corrected chi connectivity index (χ2v) is 8.02. The van der Waals surface area contributed by atoms with Gasteiger partial charge in [-0.2, -0.15) is 0 Å². The highest BCUT2D eigenvalue weighted by atomic mass is 35.5. The van der Waals surface area contributed by atoms with Crippen LogP contribution in [0.3, 0.4) is 0 Å². The molecule has 7 heteroatoms. The minimum absolute atomic E-state index is 0.0575. The normalized spacial score (nSPS) is 13.7. The first-order valence-corrected chi connectivity index (χ1v) is 10.7. The van der Waals surface area contributed by atoms with E-state index in [1.165, 1.54) is 12.1 Å². The second kappa shape index (κ2) is 9.75. The summed E-state index contributed by atoms with van der Waals surface area (Å²) in [5.74, 6) is 0.419. The quantitative estimate of drug-likeness (QED) is 0.631. The van der Waals surface area contributed by atoms with Crippen LogP contribution in [0.2, 0.25) is 5.02 Å². The van der Waals surface area contributed by atoms with Gasteiger partial charge in [-0.15, -0.1) is 0 Å². The molecule has 1 fully saturated rings. The topological polar surface area (TPSA) is 70.1 Å². The monoisotopic (exact) mass is 450 g/mol. The number of carbonyl (C=O) groups excluding carboxylic acids is 2. The van der Waals surface area contributed by atoms with E-state index in [0.29, 0.717) is 54.7 Å². The molecule has 32 heavy (non-hydrogen) atoms. The van der Waals surface area contributed by atoms with Gasteiger partial charge in [-0.25, -0.2) is 0 Å². The summed E-state index contributed by atoms with van der Waals surface area (Å²) < 4.78 is 5.83. The number of rotatable bonds is 5. The molecular weight excluding hydrogens is 428 g/mol. The van der Waals surface area contributed by atoms with E-state index in [0.717, 1.165) is 5.56 Å². The molecule has 2 amide bonds. The third-order valence-corrected chi connectivity index (χ3v) is 5.56. The zero-order valence-corrected chi connectivity index (χ0v) is 18.2. The maximum absolute atomic E-state index is 13.0. The predicted molar refractivity (Wildman–Crippen MR) is 122 cm³/mol. The molecule has 0 atom stereocenters. The summed E-state index contributed by atoms with van der Waals surface area (Å²) >= 11 is 6.01. The first-order valence-electron chi connectivity index (χ1n) is 10.3. The summed E-state index contributed by atoms with van der Waals surface area (Å²) in [4.78, 5) is 29.1. The second-order valence-electron chi connectivity index (χ2n) is 7.58. The molecule has 0 saturated carbocycles. The van der Waals surface area contributed by atoms with Gasteiger partial charge < -0.3 is 19.6 Å². The van der Waals surface area contributed by atoms with E-state index in [-0.39, 0.29) is 17.6 Å². The number of hydrogen-bond donors (Lipinski definition) is 1. The Labute approximate surface area is 191 Å². The van der Waals surface area contributed by atoms with Crippen molar-refractivity contribution < 1.29 is 19.4 Å². The molecule has 0 bridgehead atoms. The molecule has 4 rings (SSSR count). The molecule has 0 aliphatic carbocycles. The van der Waals surface area contributed by atoms with E-state index in [1.807, 2.05) is 24.3 Å². The number of nitrogens with zero attached hydrogens (tertiary/aromatic N) is 2. The van der Waals surface area contributed by atoms with Crippen molar-refractivity contribution in [2.75, 3.05) is 26.2 Å². The molecule has 0 radical (unpaired) electrons. The first-order chi connectivity index (χ1) is 15.5. The fourth-order valence-corrected chi connectivity index (χ4v) is 3.84. The Hall–Kier alpha value is -3.51. The number of phenols is 1. The van der Waals surface area contributed by atoms with Crippen LogP contribution in [0.15, 0.2) is 72.8 Å². The van der Waals surface area contributed by atoms with Crippen molar-refractivity contribution in [3.05, 3.63) is 94.5 Å². The van der Waals surface area contributed by atoms with Crippen molar-refractivity contribution in [2.24, 2.45) is 0 Å². The van der Waals surface area contributed by atoms with Crippen LogP contribution in [0.25, 0.3) is 0 Å². The highest BCUT2D eigenvalue weighted by Gasteiger charge is 2.25. The minimum Gasteiger partial charge on any atom is -0.508 e. The van der Waals surface area contributed by atoms with Crippen molar-refractivity contribution in [2.45, 2.75) is 6.61 Å². The SMILES string of the molecule is O=C(c1cccc(O)c1)N1CCN(C(=O)c2cccc(OCc3cccc(Cl)c3)c2)CC1. The molecule has 1 N–H and O–H groups in total. The minimum atomic E-state index is -0.149. The molecular formula is C25H23ClN2O4. The Morgan fingerprint density at radius 1 is 0.812 bits per heavy atom. The Morgan fingerprint density at radius 2 is 1.41 bits per heavy atom. The van der Waals surface area contributed by atoms with Gasteiger partial charge in [0.15, 0.2) is 0 Å². The number of halogens is 1. The summed E-state index contributed by atoms with van der Waals surface area (Å²) in [6.45, 7) is 2.11. The molecule has 1 saturated heterocycles. The van der Waals surface area contributed by atoms with Gasteiger partial charge in [0.05, 0.1) is 0 Å². The number of carbonyl (C=O) groups is 2. The van der Waals surface area contributed by atoms with E-state index in [1.54, 1.807) is 46.2 Å². The van der Waals surface area contributed by atoms with Gasteiger partial charge >= 0.3 is 0 Å². The van der Waals surface area contributed by atoms with E-state index < -0.39 is 0 Å². The van der Waals surface area contributed by atoms with Gasteiger partial charge in [0.2, 0.25) is 0 Å². The molecule has 3 aromatic rings. The Kier molecular flexibility index (Phi) is 6.61. The smallest absolute Gasteiger partial charge is 0.254 e. The van der Waals surface area contributed by atoms with Gasteiger partial charge in [0.25, 0.3) is 11.8 Å². The van der Waals surface area contributed by atoms with E-state index in [2.05, 4.69) is 0 Å². The summed E-state index contributed by atoms with van der Waals surface area (Å²) in [5, 5.41) is 10.2. The maximum atomic E-state index is 13.0. The van der Waals surface area contributed by atoms with Crippen molar-refractivity contribution in [1.82, 2.24) is 9.80 Å². The zero-order valence-electron chi connectivity index (χ0n) is 17.4. The van der Waals surface area contributed by atoms with E-state index in [4.69, 9.17) is 16.3 Å². The highest BCUT2D eigenvalue weighted by Crippen LogP contribution is 2.19. The Bertz CT molecular complexity index is 1130. The van der Waals surface area contributed by atoms with Gasteiger partial charge in [0.1, 0.15) is 18.1 Å². The summed E-state index contributed by atoms with van der Waals surface area (Å²) in [5.41, 5.74) is 1.93. The molecule has 1 heterocycles. The number of hydrogen-bond acceptors (Lipinski definition) is 4. The number of benzene rings is 3. The molecule has 6 nitrogen and oxygen atoms in total. The molecule has 1 aliphatic rings. The molecule has 0 aromatic heterocycles. The van der Waals surface area contributed by atoms with Crippen LogP contribution in [-0.2, 0) is 6.61 Å². The van der Waals surface area contributed by atoms with Crippen LogP contribution in [-0.4, -0.2) is 52.9 Å². The number of ether oxygens (including phenoxy) is 1. The van der Waals surface area contributed by atoms with Gasteiger partial charge in [-0.05, 0) is 54.1 Å². The van der Waals surface area contributed by atoms with Crippen LogP contribution in [0.4, 0.5) is 0 Å². The van der Waals surface area contributed by atoms with Crippen molar-refractivity contribution in [3.8, 4) is 11.5 Å². The van der Waals surface area contributed by atoms with Crippen LogP contribution in [0.1, 0.15) is 26.3 Å². The number of piperazine rings is 1. The maximum Gasteiger partial charge on any atom is 0.254 e. The molecule has 1 aliphatic heterocycles. The van der Waals surface area contributed by atoms with Crippen molar-refractivity contribution in [1.29, 1.82) is 0 Å².